The summed E-state index contributed by atoms with van der Waals surface area (Å²) in [6, 6.07) is 0. The topological polar surface area (TPSA) is 89.3 Å². The summed E-state index contributed by atoms with van der Waals surface area (Å²) in [5, 5.41) is 7.42. The fourth-order valence-electron chi connectivity index (χ4n) is 0. The van der Waals surface area contributed by atoms with Gasteiger partial charge in [-0.05, 0) is 6.92 Å². The Balaban J connectivity index is 0. The van der Waals surface area contributed by atoms with E-state index in [4.69, 9.17) is 21.4 Å². The molecule has 50 valence electrons. The minimum atomic E-state index is -0.833. The second-order valence-corrected chi connectivity index (χ2v) is 1.38. The number of rotatable bonds is 0. The summed E-state index contributed by atoms with van der Waals surface area (Å²) in [4.78, 5) is 9.00. The molecular weight excluding hydrogens is 108 g/mol. The van der Waals surface area contributed by atoms with Gasteiger partial charge in [0.25, 0.3) is 5.97 Å². The molecule has 0 aliphatic carbocycles. The van der Waals surface area contributed by atoms with E-state index >= 15 is 0 Å². The van der Waals surface area contributed by atoms with Crippen LogP contribution in [0.1, 0.15) is 13.8 Å². The number of hydrogen-bond acceptors (Lipinski definition) is 3. The second-order valence-electron chi connectivity index (χ2n) is 1.38. The Hall–Kier alpha value is -0.610. The van der Waals surface area contributed by atoms with Crippen LogP contribution in [0.4, 0.5) is 0 Å². The maximum atomic E-state index is 9.00. The first kappa shape index (κ1) is 10.4. The maximum absolute atomic E-state index is 9.00. The molecule has 0 unspecified atom stereocenters. The van der Waals surface area contributed by atoms with Gasteiger partial charge >= 0.3 is 0 Å². The number of hydrogen-bond donors (Lipinski definition) is 3. The Labute approximate surface area is 48.5 Å². The van der Waals surface area contributed by atoms with Crippen LogP contribution in [0.3, 0.4) is 0 Å². The summed E-state index contributed by atoms with van der Waals surface area (Å²) in [5.41, 5.74) is 9.78. The van der Waals surface area contributed by atoms with Gasteiger partial charge in [0, 0.05) is 13.1 Å². The standard InChI is InChI=1S/C2H8N2.C2H4O2/c2*1-2(3)4/h2H,3-4H2,1H3;1H3,(H,3,4). The zero-order valence-corrected chi connectivity index (χ0v) is 5.09. The molecule has 0 fully saturated rings. The molecule has 0 saturated carbocycles. The van der Waals surface area contributed by atoms with Crippen LogP contribution in [0.15, 0.2) is 0 Å². The Morgan fingerprint density at radius 1 is 1.62 bits per heavy atom. The fourth-order valence-corrected chi connectivity index (χ4v) is 0. The van der Waals surface area contributed by atoms with Gasteiger partial charge in [0.2, 0.25) is 0 Å². The first-order chi connectivity index (χ1) is 3.46. The summed E-state index contributed by atoms with van der Waals surface area (Å²) in [6.45, 7) is 2.81. The number of carboxylic acids is 1. The molecule has 0 aromatic heterocycles. The molecule has 5 N–H and O–H groups in total. The molecule has 8 heavy (non-hydrogen) atoms. The highest BCUT2D eigenvalue weighted by Crippen LogP contribution is 1.42. The van der Waals surface area contributed by atoms with Gasteiger partial charge in [0.1, 0.15) is 0 Å². The van der Waals surface area contributed by atoms with Crippen LogP contribution in [0.25, 0.3) is 0 Å². The number of carboxylic acid groups (broad SMARTS) is 1. The molecule has 0 atom stereocenters. The Morgan fingerprint density at radius 2 is 1.62 bits per heavy atom. The molecule has 0 heterocycles. The first-order valence-electron chi connectivity index (χ1n) is 2.17. The van der Waals surface area contributed by atoms with Crippen molar-refractivity contribution in [2.24, 2.45) is 11.5 Å². The van der Waals surface area contributed by atoms with Crippen LogP contribution < -0.4 is 11.5 Å². The largest absolute Gasteiger partial charge is 0.481 e. The van der Waals surface area contributed by atoms with Gasteiger partial charge in [-0.1, -0.05) is 0 Å². The molecule has 0 aliphatic heterocycles. The minimum absolute atomic E-state index is 0.167. The van der Waals surface area contributed by atoms with E-state index in [2.05, 4.69) is 0 Å². The third kappa shape index (κ3) is 279. The summed E-state index contributed by atoms with van der Waals surface area (Å²) in [5.74, 6) is -0.833. The molecule has 0 saturated heterocycles. The summed E-state index contributed by atoms with van der Waals surface area (Å²) >= 11 is 0. The van der Waals surface area contributed by atoms with Crippen molar-refractivity contribution in [2.75, 3.05) is 0 Å². The van der Waals surface area contributed by atoms with E-state index in [1.165, 1.54) is 0 Å². The molecule has 0 aliphatic rings. The smallest absolute Gasteiger partial charge is 0.300 e. The number of aliphatic carboxylic acids is 1. The Kier molecular flexibility index (Phi) is 8.30. The zero-order valence-electron chi connectivity index (χ0n) is 5.09. The molecule has 0 aromatic carbocycles. The molecule has 0 radical (unpaired) electrons. The van der Waals surface area contributed by atoms with Crippen molar-refractivity contribution in [3.8, 4) is 0 Å². The van der Waals surface area contributed by atoms with Crippen molar-refractivity contribution in [1.29, 1.82) is 0 Å². The highest BCUT2D eigenvalue weighted by atomic mass is 16.4. The van der Waals surface area contributed by atoms with Crippen LogP contribution in [-0.2, 0) is 4.79 Å². The third-order valence-corrected chi connectivity index (χ3v) is 0. The van der Waals surface area contributed by atoms with E-state index in [0.29, 0.717) is 0 Å². The highest BCUT2D eigenvalue weighted by molar-refractivity contribution is 5.62. The lowest BCUT2D eigenvalue weighted by Gasteiger charge is -1.83. The van der Waals surface area contributed by atoms with Gasteiger partial charge in [-0.3, -0.25) is 4.79 Å². The predicted molar refractivity (Wildman–Crippen MR) is 31.1 cm³/mol. The van der Waals surface area contributed by atoms with Crippen molar-refractivity contribution in [3.05, 3.63) is 0 Å². The van der Waals surface area contributed by atoms with Crippen molar-refractivity contribution in [1.82, 2.24) is 0 Å². The first-order valence-corrected chi connectivity index (χ1v) is 2.17. The minimum Gasteiger partial charge on any atom is -0.481 e. The van der Waals surface area contributed by atoms with Gasteiger partial charge < -0.3 is 16.6 Å². The molecule has 0 amide bonds. The Bertz CT molecular complexity index is 56.3. The average molecular weight is 120 g/mol. The molecule has 0 spiro atoms. The van der Waals surface area contributed by atoms with Crippen LogP contribution in [0.2, 0.25) is 0 Å². The van der Waals surface area contributed by atoms with Crippen molar-refractivity contribution < 1.29 is 9.90 Å². The van der Waals surface area contributed by atoms with Crippen molar-refractivity contribution in [3.63, 3.8) is 0 Å². The zero-order chi connectivity index (χ0) is 7.15. The molecule has 0 bridgehead atoms. The normalized spacial score (nSPS) is 7.62. The summed E-state index contributed by atoms with van der Waals surface area (Å²) in [7, 11) is 0. The van der Waals surface area contributed by atoms with E-state index in [1.807, 2.05) is 0 Å². The molecule has 4 heteroatoms. The lowest BCUT2D eigenvalue weighted by molar-refractivity contribution is -0.134. The van der Waals surface area contributed by atoms with Crippen LogP contribution in [-0.4, -0.2) is 17.2 Å². The van der Waals surface area contributed by atoms with Gasteiger partial charge in [-0.25, -0.2) is 0 Å². The van der Waals surface area contributed by atoms with Crippen LogP contribution >= 0.6 is 0 Å². The lowest BCUT2D eigenvalue weighted by atomic mass is 10.7. The van der Waals surface area contributed by atoms with E-state index in [1.54, 1.807) is 6.92 Å². The van der Waals surface area contributed by atoms with Crippen LogP contribution in [0, 0.1) is 0 Å². The number of carbonyl (C=O) groups is 1. The van der Waals surface area contributed by atoms with E-state index < -0.39 is 5.97 Å². The van der Waals surface area contributed by atoms with E-state index in [-0.39, 0.29) is 6.17 Å². The van der Waals surface area contributed by atoms with E-state index in [0.717, 1.165) is 6.92 Å². The molecule has 0 aromatic rings. The third-order valence-electron chi connectivity index (χ3n) is 0. The summed E-state index contributed by atoms with van der Waals surface area (Å²) < 4.78 is 0. The average Bonchev–Trinajstić information content (AvgIpc) is 1.25. The summed E-state index contributed by atoms with van der Waals surface area (Å²) in [6.07, 6.45) is -0.167. The quantitative estimate of drug-likeness (QED) is 0.370. The van der Waals surface area contributed by atoms with Crippen molar-refractivity contribution >= 4 is 5.97 Å². The van der Waals surface area contributed by atoms with Crippen LogP contribution in [0.5, 0.6) is 0 Å². The second kappa shape index (κ2) is 6.39. The monoisotopic (exact) mass is 120 g/mol. The predicted octanol–water partition coefficient (Wildman–Crippen LogP) is -0.659. The Morgan fingerprint density at radius 3 is 1.62 bits per heavy atom. The molecule has 4 nitrogen and oxygen atoms in total. The van der Waals surface area contributed by atoms with Gasteiger partial charge in [0.05, 0.1) is 0 Å². The lowest BCUT2D eigenvalue weighted by Crippen LogP contribution is -2.25. The number of nitrogens with two attached hydrogens (primary N) is 2. The van der Waals surface area contributed by atoms with E-state index in [9.17, 15) is 0 Å². The van der Waals surface area contributed by atoms with Gasteiger partial charge in [-0.2, -0.15) is 0 Å². The maximum Gasteiger partial charge on any atom is 0.300 e. The van der Waals surface area contributed by atoms with Gasteiger partial charge in [-0.15, -0.1) is 0 Å². The fraction of sp³-hybridized carbons (Fsp3) is 0.750. The van der Waals surface area contributed by atoms with Gasteiger partial charge in [0.15, 0.2) is 0 Å². The molecule has 0 rings (SSSR count). The molecular formula is C4H12N2O2. The highest BCUT2D eigenvalue weighted by Gasteiger charge is 1.66. The van der Waals surface area contributed by atoms with Crippen molar-refractivity contribution in [2.45, 2.75) is 20.0 Å². The SMILES string of the molecule is CC(=O)O.CC(N)N.